The van der Waals surface area contributed by atoms with E-state index >= 15 is 0 Å². The molecule has 0 fully saturated rings. The molecule has 0 aliphatic carbocycles. The molecule has 0 aromatic heterocycles. The Bertz CT molecular complexity index is 447. The minimum absolute atomic E-state index is 0.0382. The molecule has 0 aliphatic rings. The van der Waals surface area contributed by atoms with Crippen LogP contribution in [0.1, 0.15) is 60.5 Å². The number of carboxylic acids is 1. The van der Waals surface area contributed by atoms with E-state index in [2.05, 4.69) is 13.8 Å². The fourth-order valence-electron chi connectivity index (χ4n) is 1.83. The normalized spacial score (nSPS) is 10.7. The number of carbonyl (C=O) groups is 2. The van der Waals surface area contributed by atoms with Gasteiger partial charge in [0.1, 0.15) is 0 Å². The lowest BCUT2D eigenvalue weighted by atomic mass is 9.94. The summed E-state index contributed by atoms with van der Waals surface area (Å²) < 4.78 is 0. The monoisotopic (exact) mass is 248 g/mol. The molecule has 1 aromatic rings. The molecule has 0 amide bonds. The average Bonchev–Trinajstić information content (AvgIpc) is 2.28. The molecule has 0 atom stereocenters. The van der Waals surface area contributed by atoms with Crippen molar-refractivity contribution in [1.82, 2.24) is 0 Å². The Morgan fingerprint density at radius 1 is 1.22 bits per heavy atom. The lowest BCUT2D eigenvalue weighted by Crippen LogP contribution is -2.05. The highest BCUT2D eigenvalue weighted by Gasteiger charge is 2.11. The van der Waals surface area contributed by atoms with Gasteiger partial charge in [0.2, 0.25) is 0 Å². The van der Waals surface area contributed by atoms with Gasteiger partial charge < -0.3 is 5.11 Å². The number of aryl methyl sites for hydroxylation is 1. The summed E-state index contributed by atoms with van der Waals surface area (Å²) >= 11 is 0. The lowest BCUT2D eigenvalue weighted by Gasteiger charge is -2.10. The van der Waals surface area contributed by atoms with Crippen LogP contribution in [-0.2, 0) is 4.79 Å². The van der Waals surface area contributed by atoms with E-state index in [-0.39, 0.29) is 12.2 Å². The Morgan fingerprint density at radius 2 is 1.89 bits per heavy atom. The third-order valence-electron chi connectivity index (χ3n) is 3.02. The van der Waals surface area contributed by atoms with Gasteiger partial charge >= 0.3 is 5.97 Å². The number of benzene rings is 1. The molecule has 0 unspecified atom stereocenters. The Morgan fingerprint density at radius 3 is 2.44 bits per heavy atom. The van der Waals surface area contributed by atoms with Gasteiger partial charge in [0.25, 0.3) is 0 Å². The maximum Gasteiger partial charge on any atom is 0.303 e. The lowest BCUT2D eigenvalue weighted by molar-refractivity contribution is -0.137. The fraction of sp³-hybridized carbons (Fsp3) is 0.467. The van der Waals surface area contributed by atoms with Crippen LogP contribution in [-0.4, -0.2) is 16.9 Å². The van der Waals surface area contributed by atoms with Crippen molar-refractivity contribution in [2.24, 2.45) is 0 Å². The minimum atomic E-state index is -0.851. The van der Waals surface area contributed by atoms with Crippen LogP contribution in [0.2, 0.25) is 0 Å². The van der Waals surface area contributed by atoms with Crippen molar-refractivity contribution in [1.29, 1.82) is 0 Å². The number of carbonyl (C=O) groups excluding carboxylic acids is 1. The second-order valence-electron chi connectivity index (χ2n) is 4.90. The number of Topliss-reactive ketones (excluding diaryl/α,β-unsaturated/α-hetero) is 1. The van der Waals surface area contributed by atoms with E-state index in [0.29, 0.717) is 18.8 Å². The average molecular weight is 248 g/mol. The van der Waals surface area contributed by atoms with Gasteiger partial charge in [-0.2, -0.15) is 0 Å². The van der Waals surface area contributed by atoms with Crippen LogP contribution >= 0.6 is 0 Å². The summed E-state index contributed by atoms with van der Waals surface area (Å²) in [7, 11) is 0. The van der Waals surface area contributed by atoms with Gasteiger partial charge in [-0.15, -0.1) is 0 Å². The fourth-order valence-corrected chi connectivity index (χ4v) is 1.83. The summed E-state index contributed by atoms with van der Waals surface area (Å²) in [4.78, 5) is 22.4. The highest BCUT2D eigenvalue weighted by molar-refractivity contribution is 5.97. The topological polar surface area (TPSA) is 54.4 Å². The Kier molecular flexibility index (Phi) is 5.08. The minimum Gasteiger partial charge on any atom is -0.481 e. The number of hydrogen-bond acceptors (Lipinski definition) is 2. The van der Waals surface area contributed by atoms with Crippen molar-refractivity contribution < 1.29 is 14.7 Å². The van der Waals surface area contributed by atoms with Gasteiger partial charge in [-0.05, 0) is 36.5 Å². The van der Waals surface area contributed by atoms with Gasteiger partial charge in [0.05, 0.1) is 0 Å². The quantitative estimate of drug-likeness (QED) is 0.783. The van der Waals surface area contributed by atoms with Crippen LogP contribution in [0.3, 0.4) is 0 Å². The van der Waals surface area contributed by atoms with Crippen LogP contribution in [0.15, 0.2) is 18.2 Å². The van der Waals surface area contributed by atoms with Crippen LogP contribution in [0, 0.1) is 6.92 Å². The molecule has 1 N–H and O–H groups in total. The van der Waals surface area contributed by atoms with Crippen molar-refractivity contribution in [3.63, 3.8) is 0 Å². The van der Waals surface area contributed by atoms with Gasteiger partial charge in [0, 0.05) is 18.4 Å². The van der Waals surface area contributed by atoms with E-state index in [0.717, 1.165) is 16.7 Å². The Balaban J connectivity index is 2.78. The third-order valence-corrected chi connectivity index (χ3v) is 3.02. The summed E-state index contributed by atoms with van der Waals surface area (Å²) in [6.45, 7) is 6.08. The Labute approximate surface area is 108 Å². The van der Waals surface area contributed by atoms with Gasteiger partial charge in [-0.25, -0.2) is 0 Å². The number of hydrogen-bond donors (Lipinski definition) is 1. The molecule has 0 bridgehead atoms. The van der Waals surface area contributed by atoms with Crippen molar-refractivity contribution in [2.45, 2.75) is 46.0 Å². The molecule has 0 spiro atoms. The summed E-state index contributed by atoms with van der Waals surface area (Å²) in [6.07, 6.45) is 0.753. The van der Waals surface area contributed by atoms with Crippen molar-refractivity contribution >= 4 is 11.8 Å². The number of rotatable bonds is 6. The zero-order valence-electron chi connectivity index (χ0n) is 11.2. The van der Waals surface area contributed by atoms with E-state index in [1.807, 2.05) is 25.1 Å². The van der Waals surface area contributed by atoms with E-state index < -0.39 is 5.97 Å². The smallest absolute Gasteiger partial charge is 0.303 e. The molecule has 0 aliphatic heterocycles. The van der Waals surface area contributed by atoms with Crippen LogP contribution in [0.4, 0.5) is 0 Å². The van der Waals surface area contributed by atoms with Crippen molar-refractivity contribution in [3.05, 3.63) is 34.9 Å². The van der Waals surface area contributed by atoms with Crippen molar-refractivity contribution in [2.75, 3.05) is 0 Å². The van der Waals surface area contributed by atoms with Gasteiger partial charge in [0.15, 0.2) is 5.78 Å². The molecule has 0 saturated carbocycles. The largest absolute Gasteiger partial charge is 0.481 e. The van der Waals surface area contributed by atoms with E-state index in [1.54, 1.807) is 0 Å². The molecule has 0 heterocycles. The summed E-state index contributed by atoms with van der Waals surface area (Å²) in [5.41, 5.74) is 2.83. The zero-order valence-corrected chi connectivity index (χ0v) is 11.2. The van der Waals surface area contributed by atoms with E-state index in [9.17, 15) is 9.59 Å². The number of aliphatic carboxylic acids is 1. The summed E-state index contributed by atoms with van der Waals surface area (Å²) in [5, 5.41) is 8.56. The molecule has 0 radical (unpaired) electrons. The highest BCUT2D eigenvalue weighted by Crippen LogP contribution is 2.20. The predicted octanol–water partition coefficient (Wildman–Crippen LogP) is 3.56. The molecular formula is C15H20O3. The third kappa shape index (κ3) is 3.99. The van der Waals surface area contributed by atoms with Gasteiger partial charge in [-0.1, -0.05) is 26.0 Å². The Hall–Kier alpha value is -1.64. The standard InChI is InChI=1S/C15H20O3/c1-10(2)12-8-7-11(3)13(9-12)14(16)5-4-6-15(17)18/h7-10H,4-6H2,1-3H3,(H,17,18). The summed E-state index contributed by atoms with van der Waals surface area (Å²) in [5.74, 6) is -0.428. The van der Waals surface area contributed by atoms with Crippen LogP contribution in [0.5, 0.6) is 0 Å². The molecule has 3 heteroatoms. The second kappa shape index (κ2) is 6.34. The SMILES string of the molecule is Cc1ccc(C(C)C)cc1C(=O)CCCC(=O)O. The molecule has 1 rings (SSSR count). The predicted molar refractivity (Wildman–Crippen MR) is 71.1 cm³/mol. The molecule has 98 valence electrons. The first kappa shape index (κ1) is 14.4. The maximum absolute atomic E-state index is 12.0. The summed E-state index contributed by atoms with van der Waals surface area (Å²) in [6, 6.07) is 5.93. The first-order chi connectivity index (χ1) is 8.41. The number of carboxylic acid groups (broad SMARTS) is 1. The molecule has 18 heavy (non-hydrogen) atoms. The highest BCUT2D eigenvalue weighted by atomic mass is 16.4. The maximum atomic E-state index is 12.0. The van der Waals surface area contributed by atoms with E-state index in [4.69, 9.17) is 5.11 Å². The first-order valence-corrected chi connectivity index (χ1v) is 6.27. The van der Waals surface area contributed by atoms with E-state index in [1.165, 1.54) is 0 Å². The number of ketones is 1. The zero-order chi connectivity index (χ0) is 13.7. The van der Waals surface area contributed by atoms with Crippen LogP contribution < -0.4 is 0 Å². The molecule has 0 saturated heterocycles. The van der Waals surface area contributed by atoms with Crippen molar-refractivity contribution in [3.8, 4) is 0 Å². The second-order valence-corrected chi connectivity index (χ2v) is 4.90. The van der Waals surface area contributed by atoms with Crippen LogP contribution in [0.25, 0.3) is 0 Å². The first-order valence-electron chi connectivity index (χ1n) is 6.27. The molecule has 1 aromatic carbocycles. The molecular weight excluding hydrogens is 228 g/mol. The van der Waals surface area contributed by atoms with Gasteiger partial charge in [-0.3, -0.25) is 9.59 Å². The molecule has 3 nitrogen and oxygen atoms in total.